The number of amides is 1. The lowest BCUT2D eigenvalue weighted by Gasteiger charge is -2.21. The molecule has 0 radical (unpaired) electrons. The van der Waals surface area contributed by atoms with Gasteiger partial charge in [-0.15, -0.1) is 0 Å². The second-order valence-corrected chi connectivity index (χ2v) is 6.80. The standard InChI is InChI=1S/C13H17NO4S/c15-13(16)14-9-4-5-11(14)8-10-19(17,18)12-6-2-1-3-7-12/h1-3,6-7,11H,4-5,8-10H2,(H,15,16). The summed E-state index contributed by atoms with van der Waals surface area (Å²) in [5, 5.41) is 9.01. The monoisotopic (exact) mass is 283 g/mol. The van der Waals surface area contributed by atoms with Gasteiger partial charge in [-0.2, -0.15) is 0 Å². The third kappa shape index (κ3) is 3.26. The predicted octanol–water partition coefficient (Wildman–Crippen LogP) is 1.99. The smallest absolute Gasteiger partial charge is 0.407 e. The number of sulfone groups is 1. The van der Waals surface area contributed by atoms with Gasteiger partial charge in [0.1, 0.15) is 0 Å². The third-order valence-corrected chi connectivity index (χ3v) is 5.21. The van der Waals surface area contributed by atoms with Crippen LogP contribution in [0.2, 0.25) is 0 Å². The van der Waals surface area contributed by atoms with E-state index in [0.29, 0.717) is 17.9 Å². The number of likely N-dealkylation sites (tertiary alicyclic amines) is 1. The maximum Gasteiger partial charge on any atom is 0.407 e. The zero-order valence-corrected chi connectivity index (χ0v) is 11.3. The summed E-state index contributed by atoms with van der Waals surface area (Å²) in [6.07, 6.45) is 0.960. The molecular formula is C13H17NO4S. The second-order valence-electron chi connectivity index (χ2n) is 4.69. The van der Waals surface area contributed by atoms with Crippen LogP contribution in [0.25, 0.3) is 0 Å². The van der Waals surface area contributed by atoms with Gasteiger partial charge in [0.2, 0.25) is 0 Å². The summed E-state index contributed by atoms with van der Waals surface area (Å²) in [7, 11) is -3.32. The van der Waals surface area contributed by atoms with Crippen LogP contribution in [0.1, 0.15) is 19.3 Å². The Morgan fingerprint density at radius 2 is 2.00 bits per heavy atom. The fourth-order valence-electron chi connectivity index (χ4n) is 2.42. The molecule has 104 valence electrons. The van der Waals surface area contributed by atoms with E-state index in [1.165, 1.54) is 4.90 Å². The molecule has 1 saturated heterocycles. The van der Waals surface area contributed by atoms with E-state index in [-0.39, 0.29) is 11.8 Å². The molecule has 1 amide bonds. The lowest BCUT2D eigenvalue weighted by Crippen LogP contribution is -2.35. The summed E-state index contributed by atoms with van der Waals surface area (Å²) in [6.45, 7) is 0.505. The van der Waals surface area contributed by atoms with Crippen LogP contribution in [0.15, 0.2) is 35.2 Å². The number of rotatable bonds is 4. The third-order valence-electron chi connectivity index (χ3n) is 3.44. The first-order valence-electron chi connectivity index (χ1n) is 6.28. The number of hydrogen-bond donors (Lipinski definition) is 1. The highest BCUT2D eigenvalue weighted by atomic mass is 32.2. The van der Waals surface area contributed by atoms with E-state index in [1.54, 1.807) is 30.3 Å². The molecule has 0 aliphatic carbocycles. The zero-order valence-electron chi connectivity index (χ0n) is 10.5. The minimum absolute atomic E-state index is 0.00847. The first-order chi connectivity index (χ1) is 9.00. The number of carbonyl (C=O) groups is 1. The average molecular weight is 283 g/mol. The van der Waals surface area contributed by atoms with Crippen molar-refractivity contribution in [3.05, 3.63) is 30.3 Å². The lowest BCUT2D eigenvalue weighted by atomic mass is 10.2. The van der Waals surface area contributed by atoms with Crippen LogP contribution in [0.4, 0.5) is 4.79 Å². The van der Waals surface area contributed by atoms with Crippen molar-refractivity contribution < 1.29 is 18.3 Å². The highest BCUT2D eigenvalue weighted by Crippen LogP contribution is 2.22. The van der Waals surface area contributed by atoms with E-state index in [1.807, 2.05) is 0 Å². The molecule has 0 saturated carbocycles. The molecule has 1 unspecified atom stereocenters. The maximum atomic E-state index is 12.1. The number of hydrogen-bond acceptors (Lipinski definition) is 3. The maximum absolute atomic E-state index is 12.1. The molecule has 6 heteroatoms. The van der Waals surface area contributed by atoms with E-state index in [9.17, 15) is 13.2 Å². The SMILES string of the molecule is O=C(O)N1CCCC1CCS(=O)(=O)c1ccccc1. The Bertz CT molecular complexity index is 541. The normalized spacial score (nSPS) is 19.6. The molecule has 1 aliphatic rings. The van der Waals surface area contributed by atoms with Gasteiger partial charge < -0.3 is 10.0 Å². The van der Waals surface area contributed by atoms with Crippen LogP contribution in [-0.2, 0) is 9.84 Å². The molecule has 1 N–H and O–H groups in total. The molecule has 0 bridgehead atoms. The zero-order chi connectivity index (χ0) is 13.9. The van der Waals surface area contributed by atoms with Crippen molar-refractivity contribution in [1.82, 2.24) is 4.90 Å². The fraction of sp³-hybridized carbons (Fsp3) is 0.462. The van der Waals surface area contributed by atoms with Crippen molar-refractivity contribution in [1.29, 1.82) is 0 Å². The lowest BCUT2D eigenvalue weighted by molar-refractivity contribution is 0.139. The van der Waals surface area contributed by atoms with Crippen molar-refractivity contribution in [2.24, 2.45) is 0 Å². The molecule has 1 aliphatic heterocycles. The van der Waals surface area contributed by atoms with Crippen molar-refractivity contribution in [2.75, 3.05) is 12.3 Å². The van der Waals surface area contributed by atoms with Gasteiger partial charge in [0.15, 0.2) is 9.84 Å². The molecule has 0 spiro atoms. The van der Waals surface area contributed by atoms with E-state index in [2.05, 4.69) is 0 Å². The number of nitrogens with zero attached hydrogens (tertiary/aromatic N) is 1. The highest BCUT2D eigenvalue weighted by molar-refractivity contribution is 7.91. The van der Waals surface area contributed by atoms with Gasteiger partial charge in [0, 0.05) is 12.6 Å². The average Bonchev–Trinajstić information content (AvgIpc) is 2.86. The van der Waals surface area contributed by atoms with Crippen LogP contribution >= 0.6 is 0 Å². The van der Waals surface area contributed by atoms with Gasteiger partial charge in [-0.05, 0) is 31.4 Å². The van der Waals surface area contributed by atoms with Crippen LogP contribution < -0.4 is 0 Å². The number of benzene rings is 1. The van der Waals surface area contributed by atoms with E-state index < -0.39 is 15.9 Å². The molecule has 1 aromatic carbocycles. The molecular weight excluding hydrogens is 266 g/mol. The minimum Gasteiger partial charge on any atom is -0.465 e. The van der Waals surface area contributed by atoms with Gasteiger partial charge >= 0.3 is 6.09 Å². The molecule has 0 aromatic heterocycles. The van der Waals surface area contributed by atoms with E-state index in [4.69, 9.17) is 5.11 Å². The van der Waals surface area contributed by atoms with Gasteiger partial charge in [0.25, 0.3) is 0 Å². The molecule has 5 nitrogen and oxygen atoms in total. The Balaban J connectivity index is 2.01. The topological polar surface area (TPSA) is 74.7 Å². The molecule has 2 rings (SSSR count). The molecule has 1 aromatic rings. The molecule has 1 heterocycles. The van der Waals surface area contributed by atoms with Crippen molar-refractivity contribution >= 4 is 15.9 Å². The van der Waals surface area contributed by atoms with Crippen LogP contribution in [0.3, 0.4) is 0 Å². The summed E-state index contributed by atoms with van der Waals surface area (Å²) >= 11 is 0. The summed E-state index contributed by atoms with van der Waals surface area (Å²) < 4.78 is 24.2. The first-order valence-corrected chi connectivity index (χ1v) is 7.93. The van der Waals surface area contributed by atoms with Crippen LogP contribution in [-0.4, -0.2) is 42.9 Å². The van der Waals surface area contributed by atoms with Crippen molar-refractivity contribution in [3.8, 4) is 0 Å². The van der Waals surface area contributed by atoms with Crippen LogP contribution in [0, 0.1) is 0 Å². The highest BCUT2D eigenvalue weighted by Gasteiger charge is 2.29. The summed E-state index contributed by atoms with van der Waals surface area (Å²) in [5.74, 6) is -0.00847. The Labute approximate surface area is 112 Å². The largest absolute Gasteiger partial charge is 0.465 e. The minimum atomic E-state index is -3.32. The summed E-state index contributed by atoms with van der Waals surface area (Å²) in [5.41, 5.74) is 0. The van der Waals surface area contributed by atoms with Gasteiger partial charge in [0.05, 0.1) is 10.6 Å². The van der Waals surface area contributed by atoms with Crippen LogP contribution in [0.5, 0.6) is 0 Å². The van der Waals surface area contributed by atoms with Gasteiger partial charge in [-0.3, -0.25) is 0 Å². The predicted molar refractivity (Wildman–Crippen MR) is 70.9 cm³/mol. The van der Waals surface area contributed by atoms with Gasteiger partial charge in [-0.1, -0.05) is 18.2 Å². The van der Waals surface area contributed by atoms with E-state index in [0.717, 1.165) is 12.8 Å². The van der Waals surface area contributed by atoms with Crippen molar-refractivity contribution in [2.45, 2.75) is 30.2 Å². The molecule has 1 fully saturated rings. The van der Waals surface area contributed by atoms with Gasteiger partial charge in [-0.25, -0.2) is 13.2 Å². The quantitative estimate of drug-likeness (QED) is 0.917. The Morgan fingerprint density at radius 1 is 1.32 bits per heavy atom. The molecule has 19 heavy (non-hydrogen) atoms. The number of carboxylic acid groups (broad SMARTS) is 1. The van der Waals surface area contributed by atoms with Crippen molar-refractivity contribution in [3.63, 3.8) is 0 Å². The Hall–Kier alpha value is -1.56. The first kappa shape index (κ1) is 13.9. The summed E-state index contributed by atoms with van der Waals surface area (Å²) in [4.78, 5) is 12.6. The second kappa shape index (κ2) is 5.61. The molecule has 1 atom stereocenters. The Kier molecular flexibility index (Phi) is 4.09. The van der Waals surface area contributed by atoms with E-state index >= 15 is 0 Å². The fourth-order valence-corrected chi connectivity index (χ4v) is 3.81. The Morgan fingerprint density at radius 3 is 2.63 bits per heavy atom. The summed E-state index contributed by atoms with van der Waals surface area (Å²) in [6, 6.07) is 8.11.